The number of carbonyl (C=O) groups is 2. The van der Waals surface area contributed by atoms with Crippen molar-refractivity contribution in [2.24, 2.45) is 5.92 Å². The van der Waals surface area contributed by atoms with E-state index in [1.165, 1.54) is 24.1 Å². The van der Waals surface area contributed by atoms with E-state index in [4.69, 9.17) is 10.5 Å². The fourth-order valence-electron chi connectivity index (χ4n) is 3.71. The number of nitrogens with zero attached hydrogens (tertiary/aromatic N) is 4. The Morgan fingerprint density at radius 2 is 1.89 bits per heavy atom. The average Bonchev–Trinajstić information content (AvgIpc) is 3.28. The fraction of sp³-hybridized carbons (Fsp3) is 0.192. The predicted molar refractivity (Wildman–Crippen MR) is 139 cm³/mol. The smallest absolute Gasteiger partial charge is 0.251 e. The van der Waals surface area contributed by atoms with Crippen LogP contribution >= 0.6 is 0 Å². The van der Waals surface area contributed by atoms with Crippen LogP contribution in [0.15, 0.2) is 61.4 Å². The lowest BCUT2D eigenvalue weighted by atomic mass is 9.98. The number of methoxy groups -OCH3 is 1. The number of carbonyl (C=O) groups excluding carboxylic acids is 2. The minimum atomic E-state index is -0.352. The molecule has 2 aromatic heterocycles. The molecule has 0 unspecified atom stereocenters. The normalized spacial score (nSPS) is 10.9. The summed E-state index contributed by atoms with van der Waals surface area (Å²) in [6.45, 7) is 8.15. The molecule has 4 rings (SSSR count). The second-order valence-electron chi connectivity index (χ2n) is 8.50. The number of ether oxygens (including phenoxy) is 1. The molecule has 4 N–H and O–H groups in total. The number of rotatable bonds is 8. The Morgan fingerprint density at radius 1 is 1.17 bits per heavy atom. The van der Waals surface area contributed by atoms with Crippen LogP contribution in [-0.4, -0.2) is 45.3 Å². The van der Waals surface area contributed by atoms with Gasteiger partial charge in [0.1, 0.15) is 23.3 Å². The highest BCUT2D eigenvalue weighted by molar-refractivity contribution is 6.01. The molecule has 0 saturated heterocycles. The Hall–Kier alpha value is -4.73. The van der Waals surface area contributed by atoms with E-state index in [2.05, 4.69) is 32.4 Å². The van der Waals surface area contributed by atoms with Crippen LogP contribution in [0.5, 0.6) is 5.75 Å². The Balaban J connectivity index is 1.81. The largest absolute Gasteiger partial charge is 0.495 e. The summed E-state index contributed by atoms with van der Waals surface area (Å²) in [5.74, 6) is 0.572. The second-order valence-corrected chi connectivity index (χ2v) is 8.50. The van der Waals surface area contributed by atoms with E-state index in [-0.39, 0.29) is 17.6 Å². The predicted octanol–water partition coefficient (Wildman–Crippen LogP) is 3.56. The van der Waals surface area contributed by atoms with Crippen molar-refractivity contribution < 1.29 is 14.3 Å². The van der Waals surface area contributed by atoms with Gasteiger partial charge < -0.3 is 21.1 Å². The van der Waals surface area contributed by atoms with Crippen LogP contribution in [0.25, 0.3) is 27.9 Å². The van der Waals surface area contributed by atoms with Gasteiger partial charge in [-0.2, -0.15) is 0 Å². The molecule has 10 nitrogen and oxygen atoms in total. The van der Waals surface area contributed by atoms with Gasteiger partial charge in [-0.3, -0.25) is 9.59 Å². The van der Waals surface area contributed by atoms with Crippen molar-refractivity contribution in [2.75, 3.05) is 24.7 Å². The van der Waals surface area contributed by atoms with Crippen molar-refractivity contribution in [2.45, 2.75) is 13.8 Å². The number of anilines is 2. The number of benzene rings is 2. The molecule has 0 aliphatic rings. The van der Waals surface area contributed by atoms with Crippen LogP contribution in [0.1, 0.15) is 24.2 Å². The molecule has 0 fully saturated rings. The molecule has 2 aromatic carbocycles. The van der Waals surface area contributed by atoms with E-state index in [9.17, 15) is 9.59 Å². The molecule has 2 amide bonds. The third kappa shape index (κ3) is 4.88. The van der Waals surface area contributed by atoms with Gasteiger partial charge in [0, 0.05) is 23.2 Å². The van der Waals surface area contributed by atoms with Gasteiger partial charge in [0.25, 0.3) is 5.91 Å². The summed E-state index contributed by atoms with van der Waals surface area (Å²) in [7, 11) is 1.51. The number of nitrogens with two attached hydrogens (primary N) is 1. The van der Waals surface area contributed by atoms with Gasteiger partial charge in [0.15, 0.2) is 5.82 Å². The lowest BCUT2D eigenvalue weighted by Crippen LogP contribution is -2.27. The number of nitrogen functional groups attached to an aromatic ring is 1. The first kappa shape index (κ1) is 24.4. The molecule has 0 radical (unpaired) electrons. The van der Waals surface area contributed by atoms with E-state index < -0.39 is 0 Å². The molecule has 0 aliphatic heterocycles. The molecule has 0 spiro atoms. The average molecular weight is 486 g/mol. The van der Waals surface area contributed by atoms with E-state index >= 15 is 0 Å². The van der Waals surface area contributed by atoms with E-state index in [1.807, 2.05) is 32.0 Å². The third-order valence-electron chi connectivity index (χ3n) is 5.49. The zero-order chi connectivity index (χ0) is 25.8. The molecule has 184 valence electrons. The summed E-state index contributed by atoms with van der Waals surface area (Å²) in [6.07, 6.45) is 2.52. The van der Waals surface area contributed by atoms with Crippen LogP contribution in [0.3, 0.4) is 0 Å². The number of hydrogen-bond donors (Lipinski definition) is 3. The van der Waals surface area contributed by atoms with Crippen LogP contribution in [0.2, 0.25) is 0 Å². The highest BCUT2D eigenvalue weighted by atomic mass is 16.5. The second kappa shape index (κ2) is 10.3. The van der Waals surface area contributed by atoms with Gasteiger partial charge in [-0.05, 0) is 41.8 Å². The van der Waals surface area contributed by atoms with Gasteiger partial charge in [-0.15, -0.1) is 14.8 Å². The van der Waals surface area contributed by atoms with Crippen LogP contribution in [-0.2, 0) is 4.79 Å². The van der Waals surface area contributed by atoms with Gasteiger partial charge in [0.05, 0.1) is 12.8 Å². The Kier molecular flexibility index (Phi) is 6.95. The summed E-state index contributed by atoms with van der Waals surface area (Å²) in [6, 6.07) is 12.5. The van der Waals surface area contributed by atoms with Crippen LogP contribution in [0.4, 0.5) is 11.5 Å². The highest BCUT2D eigenvalue weighted by Gasteiger charge is 2.21. The summed E-state index contributed by atoms with van der Waals surface area (Å²) >= 11 is 0. The lowest BCUT2D eigenvalue weighted by molar-refractivity contribution is -0.111. The number of hydrogen-bond acceptors (Lipinski definition) is 7. The van der Waals surface area contributed by atoms with E-state index in [0.717, 1.165) is 5.56 Å². The molecule has 0 aliphatic carbocycles. The maximum absolute atomic E-state index is 12.5. The summed E-state index contributed by atoms with van der Waals surface area (Å²) in [4.78, 5) is 28.4. The van der Waals surface area contributed by atoms with Crippen molar-refractivity contribution in [3.8, 4) is 28.1 Å². The van der Waals surface area contributed by atoms with Crippen molar-refractivity contribution in [3.63, 3.8) is 0 Å². The first-order valence-electron chi connectivity index (χ1n) is 11.3. The molecule has 0 atom stereocenters. The zero-order valence-electron chi connectivity index (χ0n) is 20.3. The number of nitrogens with one attached hydrogen (secondary N) is 2. The molecular weight excluding hydrogens is 458 g/mol. The van der Waals surface area contributed by atoms with E-state index in [0.29, 0.717) is 51.8 Å². The van der Waals surface area contributed by atoms with Crippen LogP contribution in [0, 0.1) is 5.92 Å². The fourth-order valence-corrected chi connectivity index (χ4v) is 3.71. The zero-order valence-corrected chi connectivity index (χ0v) is 20.3. The van der Waals surface area contributed by atoms with Crippen molar-refractivity contribution >= 4 is 28.8 Å². The summed E-state index contributed by atoms with van der Waals surface area (Å²) in [5.41, 5.74) is 10.6. The third-order valence-corrected chi connectivity index (χ3v) is 5.49. The molecule has 0 saturated carbocycles. The van der Waals surface area contributed by atoms with Gasteiger partial charge in [0.2, 0.25) is 5.91 Å². The lowest BCUT2D eigenvalue weighted by Gasteiger charge is -2.11. The van der Waals surface area contributed by atoms with Crippen LogP contribution < -0.4 is 21.1 Å². The first-order valence-corrected chi connectivity index (χ1v) is 11.3. The molecule has 36 heavy (non-hydrogen) atoms. The molecule has 2 heterocycles. The maximum atomic E-state index is 12.5. The van der Waals surface area contributed by atoms with Gasteiger partial charge in [-0.25, -0.2) is 4.98 Å². The summed E-state index contributed by atoms with van der Waals surface area (Å²) < 4.78 is 6.92. The number of aromatic nitrogens is 4. The minimum Gasteiger partial charge on any atom is -0.495 e. The highest BCUT2D eigenvalue weighted by Crippen LogP contribution is 2.39. The standard InChI is InChI=1S/C26H27N7O3/c1-5-21(34)31-19-11-10-18(12-20(19)36-4)23-22(24-25(27)29-14-30-33(24)32-23)16-6-8-17(9-7-16)26(35)28-13-15(2)3/h5-12,14-15H,1,13H2,2-4H3,(H,28,35)(H,31,34)(H2,27,29,30). The van der Waals surface area contributed by atoms with Gasteiger partial charge >= 0.3 is 0 Å². The topological polar surface area (TPSA) is 137 Å². The summed E-state index contributed by atoms with van der Waals surface area (Å²) in [5, 5.41) is 14.5. The molecule has 0 bridgehead atoms. The van der Waals surface area contributed by atoms with Gasteiger partial charge in [-0.1, -0.05) is 38.6 Å². The Morgan fingerprint density at radius 3 is 2.56 bits per heavy atom. The van der Waals surface area contributed by atoms with E-state index in [1.54, 1.807) is 24.3 Å². The molecule has 4 aromatic rings. The Bertz CT molecular complexity index is 1440. The monoisotopic (exact) mass is 485 g/mol. The number of fused-ring (bicyclic) bond motifs is 1. The molecule has 10 heteroatoms. The van der Waals surface area contributed by atoms with Crippen molar-refractivity contribution in [3.05, 3.63) is 67.0 Å². The quantitative estimate of drug-likeness (QED) is 0.325. The minimum absolute atomic E-state index is 0.139. The SMILES string of the molecule is C=CC(=O)Nc1ccc(-c2nn3ncnc(N)c3c2-c2ccc(C(=O)NCC(C)C)cc2)cc1OC. The van der Waals surface area contributed by atoms with Crippen molar-refractivity contribution in [1.29, 1.82) is 0 Å². The number of amides is 2. The first-order chi connectivity index (χ1) is 17.3. The van der Waals surface area contributed by atoms with Crippen molar-refractivity contribution in [1.82, 2.24) is 25.1 Å². The Labute approximate surface area is 208 Å². The maximum Gasteiger partial charge on any atom is 0.251 e. The molecular formula is C26H27N7O3.